The lowest BCUT2D eigenvalue weighted by atomic mass is 10.0. The fraction of sp³-hybridized carbons (Fsp3) is 0.667. The maximum atomic E-state index is 12.7. The van der Waals surface area contributed by atoms with E-state index in [4.69, 9.17) is 0 Å². The van der Waals surface area contributed by atoms with Gasteiger partial charge in [0, 0.05) is 26.1 Å². The van der Waals surface area contributed by atoms with E-state index in [9.17, 15) is 4.79 Å². The first-order valence-corrected chi connectivity index (χ1v) is 7.77. The lowest BCUT2D eigenvalue weighted by Crippen LogP contribution is -2.46. The SMILES string of the molecule is CCNc1cc2c(nn1)CCN(C(=O)[C@@H]1CCCN1C)C2. The fourth-order valence-electron chi connectivity index (χ4n) is 3.22. The van der Waals surface area contributed by atoms with Crippen LogP contribution in [0.3, 0.4) is 0 Å². The van der Waals surface area contributed by atoms with Crippen LogP contribution in [0.25, 0.3) is 0 Å². The molecule has 1 N–H and O–H groups in total. The van der Waals surface area contributed by atoms with Crippen molar-refractivity contribution in [3.63, 3.8) is 0 Å². The molecule has 0 unspecified atom stereocenters. The third-order valence-corrected chi connectivity index (χ3v) is 4.41. The maximum Gasteiger partial charge on any atom is 0.240 e. The maximum absolute atomic E-state index is 12.7. The largest absolute Gasteiger partial charge is 0.369 e. The molecule has 0 aliphatic carbocycles. The molecule has 0 radical (unpaired) electrons. The highest BCUT2D eigenvalue weighted by Crippen LogP contribution is 2.23. The molecule has 21 heavy (non-hydrogen) atoms. The average Bonchev–Trinajstić information content (AvgIpc) is 2.92. The van der Waals surface area contributed by atoms with Gasteiger partial charge in [-0.25, -0.2) is 0 Å². The number of carbonyl (C=O) groups is 1. The number of nitrogens with zero attached hydrogens (tertiary/aromatic N) is 4. The van der Waals surface area contributed by atoms with Gasteiger partial charge in [-0.15, -0.1) is 5.10 Å². The van der Waals surface area contributed by atoms with E-state index in [-0.39, 0.29) is 11.9 Å². The molecule has 6 nitrogen and oxygen atoms in total. The topological polar surface area (TPSA) is 61.4 Å². The lowest BCUT2D eigenvalue weighted by Gasteiger charge is -2.32. The summed E-state index contributed by atoms with van der Waals surface area (Å²) in [5.41, 5.74) is 2.15. The zero-order chi connectivity index (χ0) is 14.8. The van der Waals surface area contributed by atoms with E-state index in [1.165, 1.54) is 0 Å². The van der Waals surface area contributed by atoms with Crippen LogP contribution in [0.2, 0.25) is 0 Å². The first-order valence-electron chi connectivity index (χ1n) is 7.77. The number of nitrogens with one attached hydrogen (secondary N) is 1. The second-order valence-corrected chi connectivity index (χ2v) is 5.88. The van der Waals surface area contributed by atoms with Crippen LogP contribution in [-0.2, 0) is 17.8 Å². The molecule has 1 aromatic heterocycles. The predicted octanol–water partition coefficient (Wildman–Crippen LogP) is 0.887. The van der Waals surface area contributed by atoms with Gasteiger partial charge in [0.15, 0.2) is 0 Å². The van der Waals surface area contributed by atoms with Gasteiger partial charge in [-0.2, -0.15) is 5.10 Å². The number of fused-ring (bicyclic) bond motifs is 1. The average molecular weight is 289 g/mol. The number of rotatable bonds is 3. The van der Waals surface area contributed by atoms with Crippen LogP contribution in [0.4, 0.5) is 5.82 Å². The highest BCUT2D eigenvalue weighted by Gasteiger charge is 2.33. The summed E-state index contributed by atoms with van der Waals surface area (Å²) < 4.78 is 0. The highest BCUT2D eigenvalue weighted by atomic mass is 16.2. The van der Waals surface area contributed by atoms with Gasteiger partial charge in [0.05, 0.1) is 11.7 Å². The van der Waals surface area contributed by atoms with Gasteiger partial charge in [-0.05, 0) is 45.0 Å². The minimum absolute atomic E-state index is 0.0644. The van der Waals surface area contributed by atoms with Crippen molar-refractivity contribution < 1.29 is 4.79 Å². The molecule has 2 aliphatic rings. The van der Waals surface area contributed by atoms with Crippen molar-refractivity contribution in [2.75, 3.05) is 32.0 Å². The quantitative estimate of drug-likeness (QED) is 0.895. The Morgan fingerprint density at radius 3 is 3.00 bits per heavy atom. The Kier molecular flexibility index (Phi) is 4.05. The van der Waals surface area contributed by atoms with Gasteiger partial charge in [0.25, 0.3) is 0 Å². The molecule has 1 aromatic rings. The number of hydrogen-bond donors (Lipinski definition) is 1. The van der Waals surface area contributed by atoms with Crippen molar-refractivity contribution in [1.82, 2.24) is 20.0 Å². The fourth-order valence-corrected chi connectivity index (χ4v) is 3.22. The minimum Gasteiger partial charge on any atom is -0.369 e. The normalized spacial score (nSPS) is 22.2. The zero-order valence-corrected chi connectivity index (χ0v) is 12.8. The summed E-state index contributed by atoms with van der Waals surface area (Å²) in [4.78, 5) is 16.8. The van der Waals surface area contributed by atoms with Crippen molar-refractivity contribution >= 4 is 11.7 Å². The first-order chi connectivity index (χ1) is 10.2. The molecule has 1 saturated heterocycles. The van der Waals surface area contributed by atoms with Crippen LogP contribution in [0.15, 0.2) is 6.07 Å². The molecule has 3 heterocycles. The summed E-state index contributed by atoms with van der Waals surface area (Å²) in [7, 11) is 2.04. The second-order valence-electron chi connectivity index (χ2n) is 5.88. The van der Waals surface area contributed by atoms with Crippen LogP contribution in [-0.4, -0.2) is 58.6 Å². The standard InChI is InChI=1S/C15H23N5O/c1-3-16-14-9-11-10-20(8-6-12(11)17-18-14)15(21)13-5-4-7-19(13)2/h9,13H,3-8,10H2,1-2H3,(H,16,18)/t13-/m0/s1. The molecule has 1 atom stereocenters. The van der Waals surface area contributed by atoms with E-state index in [0.717, 1.165) is 56.0 Å². The predicted molar refractivity (Wildman–Crippen MR) is 81.0 cm³/mol. The molecule has 0 aromatic carbocycles. The molecule has 6 heteroatoms. The van der Waals surface area contributed by atoms with Gasteiger partial charge in [-0.1, -0.05) is 0 Å². The number of hydrogen-bond acceptors (Lipinski definition) is 5. The number of carbonyl (C=O) groups excluding carboxylic acids is 1. The first kappa shape index (κ1) is 14.3. The Bertz CT molecular complexity index is 533. The zero-order valence-electron chi connectivity index (χ0n) is 12.8. The van der Waals surface area contributed by atoms with Gasteiger partial charge in [0.2, 0.25) is 5.91 Å². The second kappa shape index (κ2) is 5.97. The van der Waals surface area contributed by atoms with Gasteiger partial charge < -0.3 is 10.2 Å². The van der Waals surface area contributed by atoms with Crippen LogP contribution in [0.5, 0.6) is 0 Å². The summed E-state index contributed by atoms with van der Waals surface area (Å²) in [5.74, 6) is 1.06. The van der Waals surface area contributed by atoms with Gasteiger partial charge >= 0.3 is 0 Å². The third kappa shape index (κ3) is 2.85. The van der Waals surface area contributed by atoms with Crippen molar-refractivity contribution in [2.24, 2.45) is 0 Å². The summed E-state index contributed by atoms with van der Waals surface area (Å²) in [6.07, 6.45) is 2.90. The monoisotopic (exact) mass is 289 g/mol. The molecule has 0 spiro atoms. The van der Waals surface area contributed by atoms with E-state index < -0.39 is 0 Å². The van der Waals surface area contributed by atoms with Crippen molar-refractivity contribution in [3.05, 3.63) is 17.3 Å². The Morgan fingerprint density at radius 1 is 1.43 bits per heavy atom. The Labute approximate surface area is 125 Å². The van der Waals surface area contributed by atoms with Crippen molar-refractivity contribution in [2.45, 2.75) is 38.8 Å². The number of likely N-dealkylation sites (N-methyl/N-ethyl adjacent to an activating group) is 1. The molecular formula is C15H23N5O. The molecule has 1 fully saturated rings. The van der Waals surface area contributed by atoms with Crippen LogP contribution in [0.1, 0.15) is 31.0 Å². The minimum atomic E-state index is 0.0644. The van der Waals surface area contributed by atoms with Crippen molar-refractivity contribution in [3.8, 4) is 0 Å². The smallest absolute Gasteiger partial charge is 0.240 e. The molecule has 0 saturated carbocycles. The van der Waals surface area contributed by atoms with Gasteiger partial charge in [-0.3, -0.25) is 9.69 Å². The highest BCUT2D eigenvalue weighted by molar-refractivity contribution is 5.82. The number of amides is 1. The number of aromatic nitrogens is 2. The summed E-state index contributed by atoms with van der Waals surface area (Å²) >= 11 is 0. The van der Waals surface area contributed by atoms with E-state index >= 15 is 0 Å². The van der Waals surface area contributed by atoms with E-state index in [1.807, 2.05) is 24.9 Å². The molecule has 1 amide bonds. The van der Waals surface area contributed by atoms with Crippen LogP contribution >= 0.6 is 0 Å². The Morgan fingerprint density at radius 2 is 2.29 bits per heavy atom. The molecule has 114 valence electrons. The van der Waals surface area contributed by atoms with E-state index in [1.54, 1.807) is 0 Å². The van der Waals surface area contributed by atoms with E-state index in [2.05, 4.69) is 20.4 Å². The van der Waals surface area contributed by atoms with Gasteiger partial charge in [0.1, 0.15) is 5.82 Å². The summed E-state index contributed by atoms with van der Waals surface area (Å²) in [6.45, 7) is 5.30. The van der Waals surface area contributed by atoms with Crippen molar-refractivity contribution in [1.29, 1.82) is 0 Å². The Hall–Kier alpha value is -1.69. The molecule has 0 bridgehead atoms. The molecule has 2 aliphatic heterocycles. The number of likely N-dealkylation sites (tertiary alicyclic amines) is 1. The summed E-state index contributed by atoms with van der Waals surface area (Å²) in [5, 5.41) is 11.6. The lowest BCUT2D eigenvalue weighted by molar-refractivity contribution is -0.136. The Balaban J connectivity index is 1.73. The molecule has 3 rings (SSSR count). The number of anilines is 1. The van der Waals surface area contributed by atoms with E-state index in [0.29, 0.717) is 6.54 Å². The third-order valence-electron chi connectivity index (χ3n) is 4.41. The van der Waals surface area contributed by atoms with Crippen LogP contribution < -0.4 is 5.32 Å². The van der Waals surface area contributed by atoms with Crippen LogP contribution in [0, 0.1) is 0 Å². The molecular weight excluding hydrogens is 266 g/mol. The summed E-state index contributed by atoms with van der Waals surface area (Å²) in [6, 6.07) is 2.10.